The van der Waals surface area contributed by atoms with Gasteiger partial charge in [-0.15, -0.1) is 23.5 Å². The van der Waals surface area contributed by atoms with Crippen LogP contribution in [0.2, 0.25) is 0 Å². The van der Waals surface area contributed by atoms with Crippen LogP contribution in [0.15, 0.2) is 34.2 Å². The second-order valence-electron chi connectivity index (χ2n) is 3.73. The van der Waals surface area contributed by atoms with Crippen molar-refractivity contribution < 1.29 is 0 Å². The van der Waals surface area contributed by atoms with Gasteiger partial charge in [-0.1, -0.05) is 26.0 Å². The van der Waals surface area contributed by atoms with Crippen molar-refractivity contribution in [3.05, 3.63) is 24.3 Å². The molecule has 0 fully saturated rings. The Morgan fingerprint density at radius 3 is 2.73 bits per heavy atom. The first-order chi connectivity index (χ1) is 7.22. The highest BCUT2D eigenvalue weighted by Crippen LogP contribution is 2.40. The van der Waals surface area contributed by atoms with Crippen LogP contribution in [0.5, 0.6) is 0 Å². The van der Waals surface area contributed by atoms with Crippen molar-refractivity contribution in [2.75, 3.05) is 6.26 Å². The van der Waals surface area contributed by atoms with Crippen molar-refractivity contribution >= 4 is 34.3 Å². The summed E-state index contributed by atoms with van der Waals surface area (Å²) in [5, 5.41) is 1.85. The van der Waals surface area contributed by atoms with Crippen molar-refractivity contribution in [1.82, 2.24) is 0 Å². The minimum absolute atomic E-state index is 0.539. The Hall–Kier alpha value is -0.410. The van der Waals surface area contributed by atoms with Gasteiger partial charge in [0.05, 0.1) is 10.7 Å². The number of benzene rings is 1. The molecule has 3 heteroatoms. The molecule has 80 valence electrons. The molecule has 1 aromatic rings. The summed E-state index contributed by atoms with van der Waals surface area (Å²) in [5.41, 5.74) is 1.13. The molecule has 1 heterocycles. The van der Waals surface area contributed by atoms with E-state index in [1.165, 1.54) is 9.94 Å². The summed E-state index contributed by atoms with van der Waals surface area (Å²) in [6.45, 7) is 4.54. The van der Waals surface area contributed by atoms with Gasteiger partial charge in [0, 0.05) is 16.1 Å². The van der Waals surface area contributed by atoms with E-state index in [1.54, 1.807) is 11.8 Å². The summed E-state index contributed by atoms with van der Waals surface area (Å²) in [7, 11) is 0. The van der Waals surface area contributed by atoms with Crippen LogP contribution in [0.3, 0.4) is 0 Å². The van der Waals surface area contributed by atoms with Crippen LogP contribution in [0, 0.1) is 5.92 Å². The Kier molecular flexibility index (Phi) is 3.42. The Morgan fingerprint density at radius 2 is 2.00 bits per heavy atom. The van der Waals surface area contributed by atoms with Crippen molar-refractivity contribution in [2.45, 2.75) is 24.0 Å². The second-order valence-corrected chi connectivity index (χ2v) is 5.98. The Morgan fingerprint density at radius 1 is 1.27 bits per heavy atom. The highest BCUT2D eigenvalue weighted by molar-refractivity contribution is 8.13. The fourth-order valence-corrected chi connectivity index (χ4v) is 3.58. The lowest BCUT2D eigenvalue weighted by Crippen LogP contribution is -2.16. The molecule has 2 rings (SSSR count). The van der Waals surface area contributed by atoms with Gasteiger partial charge in [0.1, 0.15) is 0 Å². The van der Waals surface area contributed by atoms with Gasteiger partial charge in [0.25, 0.3) is 0 Å². The number of nitrogens with zero attached hydrogens (tertiary/aromatic N) is 1. The average Bonchev–Trinajstić information content (AvgIpc) is 2.37. The van der Waals surface area contributed by atoms with E-state index in [1.807, 2.05) is 11.8 Å². The smallest absolute Gasteiger partial charge is 0.0775 e. The first kappa shape index (κ1) is 11.1. The van der Waals surface area contributed by atoms with E-state index in [4.69, 9.17) is 4.99 Å². The molecule has 1 aliphatic rings. The highest BCUT2D eigenvalue weighted by atomic mass is 32.2. The molecule has 1 aromatic carbocycles. The zero-order valence-electron chi connectivity index (χ0n) is 9.23. The summed E-state index contributed by atoms with van der Waals surface area (Å²) in [4.78, 5) is 6.05. The van der Waals surface area contributed by atoms with E-state index in [0.29, 0.717) is 11.2 Å². The minimum atomic E-state index is 0.539. The quantitative estimate of drug-likeness (QED) is 0.670. The molecule has 1 aliphatic heterocycles. The molecule has 0 amide bonds. The summed E-state index contributed by atoms with van der Waals surface area (Å²) in [5.74, 6) is 0.539. The molecule has 15 heavy (non-hydrogen) atoms. The van der Waals surface area contributed by atoms with Crippen molar-refractivity contribution in [1.29, 1.82) is 0 Å². The number of hydrogen-bond acceptors (Lipinski definition) is 3. The number of rotatable bonds is 0. The summed E-state index contributed by atoms with van der Waals surface area (Å²) in [6, 6.07) is 8.41. The van der Waals surface area contributed by atoms with Gasteiger partial charge in [0.15, 0.2) is 0 Å². The first-order valence-corrected chi connectivity index (χ1v) is 7.21. The van der Waals surface area contributed by atoms with Crippen molar-refractivity contribution in [3.63, 3.8) is 0 Å². The molecule has 2 atom stereocenters. The third kappa shape index (κ3) is 2.23. The molecular formula is C12H15NS2. The molecular weight excluding hydrogens is 222 g/mol. The van der Waals surface area contributed by atoms with Gasteiger partial charge >= 0.3 is 0 Å². The van der Waals surface area contributed by atoms with Crippen molar-refractivity contribution in [3.8, 4) is 0 Å². The predicted molar refractivity (Wildman–Crippen MR) is 71.5 cm³/mol. The largest absolute Gasteiger partial charge is 0.245 e. The Bertz CT molecular complexity index is 387. The molecule has 0 N–H and O–H groups in total. The third-order valence-electron chi connectivity index (χ3n) is 2.71. The van der Waals surface area contributed by atoms with Crippen LogP contribution in [0.25, 0.3) is 0 Å². The van der Waals surface area contributed by atoms with Gasteiger partial charge in [-0.2, -0.15) is 0 Å². The minimum Gasteiger partial charge on any atom is -0.245 e. The van der Waals surface area contributed by atoms with E-state index >= 15 is 0 Å². The number of aliphatic imine (C=N–C) groups is 1. The number of para-hydroxylation sites is 1. The lowest BCUT2D eigenvalue weighted by molar-refractivity contribution is 0.772. The molecule has 1 nitrogen and oxygen atoms in total. The van der Waals surface area contributed by atoms with Gasteiger partial charge < -0.3 is 0 Å². The molecule has 0 aliphatic carbocycles. The lowest BCUT2D eigenvalue weighted by Gasteiger charge is -2.16. The lowest BCUT2D eigenvalue weighted by atomic mass is 10.1. The van der Waals surface area contributed by atoms with Crippen LogP contribution in [-0.2, 0) is 0 Å². The average molecular weight is 237 g/mol. The monoisotopic (exact) mass is 237 g/mol. The molecule has 0 aromatic heterocycles. The maximum atomic E-state index is 4.75. The van der Waals surface area contributed by atoms with Crippen LogP contribution in [0.4, 0.5) is 5.69 Å². The van der Waals surface area contributed by atoms with Crippen molar-refractivity contribution in [2.24, 2.45) is 10.9 Å². The Balaban J connectivity index is 2.47. The maximum Gasteiger partial charge on any atom is 0.0775 e. The van der Waals surface area contributed by atoms with Crippen LogP contribution >= 0.6 is 23.5 Å². The van der Waals surface area contributed by atoms with Gasteiger partial charge in [-0.05, 0) is 18.4 Å². The summed E-state index contributed by atoms with van der Waals surface area (Å²) >= 11 is 3.70. The first-order valence-electron chi connectivity index (χ1n) is 5.10. The van der Waals surface area contributed by atoms with E-state index in [9.17, 15) is 0 Å². The SMILES string of the molecule is CSC1=Nc2ccccc2SC(C)C1C. The van der Waals surface area contributed by atoms with E-state index in [2.05, 4.69) is 44.4 Å². The molecule has 0 spiro atoms. The summed E-state index contributed by atoms with van der Waals surface area (Å²) in [6.07, 6.45) is 2.11. The van der Waals surface area contributed by atoms with E-state index < -0.39 is 0 Å². The van der Waals surface area contributed by atoms with E-state index in [-0.39, 0.29) is 0 Å². The van der Waals surface area contributed by atoms with Crippen LogP contribution in [-0.4, -0.2) is 16.5 Å². The number of hydrogen-bond donors (Lipinski definition) is 0. The Labute approximate surface area is 99.8 Å². The number of fused-ring (bicyclic) bond motifs is 1. The zero-order valence-corrected chi connectivity index (χ0v) is 10.9. The standard InChI is InChI=1S/C12H15NS2/c1-8-9(2)15-11-7-5-4-6-10(11)13-12(8)14-3/h4-9H,1-3H3. The second kappa shape index (κ2) is 4.62. The van der Waals surface area contributed by atoms with Crippen LogP contribution in [0.1, 0.15) is 13.8 Å². The zero-order chi connectivity index (χ0) is 10.8. The molecule has 2 unspecified atom stereocenters. The maximum absolute atomic E-state index is 4.75. The molecule has 0 saturated heterocycles. The molecule has 0 bridgehead atoms. The fraction of sp³-hybridized carbons (Fsp3) is 0.417. The van der Waals surface area contributed by atoms with Gasteiger partial charge in [0.2, 0.25) is 0 Å². The van der Waals surface area contributed by atoms with Crippen LogP contribution < -0.4 is 0 Å². The summed E-state index contributed by atoms with van der Waals surface area (Å²) < 4.78 is 0. The normalized spacial score (nSPS) is 25.4. The van der Waals surface area contributed by atoms with Gasteiger partial charge in [-0.3, -0.25) is 0 Å². The third-order valence-corrected chi connectivity index (χ3v) is 4.97. The van der Waals surface area contributed by atoms with Gasteiger partial charge in [-0.25, -0.2) is 4.99 Å². The topological polar surface area (TPSA) is 12.4 Å². The molecule has 0 saturated carbocycles. The molecule has 0 radical (unpaired) electrons. The fourth-order valence-electron chi connectivity index (χ4n) is 1.60. The number of thioether (sulfide) groups is 2. The van der Waals surface area contributed by atoms with E-state index in [0.717, 1.165) is 5.69 Å². The predicted octanol–water partition coefficient (Wildman–Crippen LogP) is 4.21. The highest BCUT2D eigenvalue weighted by Gasteiger charge is 2.23.